The van der Waals surface area contributed by atoms with Crippen molar-refractivity contribution >= 4 is 28.9 Å². The first kappa shape index (κ1) is 27.5. The van der Waals surface area contributed by atoms with Crippen LogP contribution in [-0.4, -0.2) is 50.4 Å². The predicted octanol–water partition coefficient (Wildman–Crippen LogP) is 1.95. The van der Waals surface area contributed by atoms with Gasteiger partial charge >= 0.3 is 5.97 Å². The number of aliphatic hydroxyl groups excluding tert-OH is 1. The Kier molecular flexibility index (Phi) is 11.5. The lowest BCUT2D eigenvalue weighted by atomic mass is 10.1. The molecule has 3 aromatic rings. The van der Waals surface area contributed by atoms with Crippen molar-refractivity contribution < 1.29 is 30.5 Å². The van der Waals surface area contributed by atoms with Gasteiger partial charge in [-0.25, -0.2) is 10.3 Å². The van der Waals surface area contributed by atoms with Gasteiger partial charge in [0.1, 0.15) is 6.10 Å². The highest BCUT2D eigenvalue weighted by atomic mass is 16.5. The van der Waals surface area contributed by atoms with Gasteiger partial charge in [0.15, 0.2) is 0 Å². The number of carbonyl (C=O) groups excluding carboxylic acids is 1. The number of carboxylic acid groups (broad SMARTS) is 1. The number of aromatic amines is 1. The average molecular weight is 458 g/mol. The van der Waals surface area contributed by atoms with Gasteiger partial charge in [-0.3, -0.25) is 10.0 Å². The molecule has 1 atom stereocenters. The smallest absolute Gasteiger partial charge is 0.332 e. The molecule has 1 amide bonds. The van der Waals surface area contributed by atoms with Crippen molar-refractivity contribution in [3.8, 4) is 0 Å². The summed E-state index contributed by atoms with van der Waals surface area (Å²) in [4.78, 5) is 23.9. The highest BCUT2D eigenvalue weighted by Crippen LogP contribution is 2.21. The van der Waals surface area contributed by atoms with E-state index in [1.165, 1.54) is 40.7 Å². The van der Waals surface area contributed by atoms with Crippen LogP contribution in [0.1, 0.15) is 29.3 Å². The number of fused-ring (bicyclic) bond motifs is 1. The van der Waals surface area contributed by atoms with Gasteiger partial charge in [-0.05, 0) is 55.6 Å². The molecule has 1 aromatic heterocycles. The summed E-state index contributed by atoms with van der Waals surface area (Å²) in [5.41, 5.74) is 7.46. The number of aliphatic carboxylic acids is 1. The van der Waals surface area contributed by atoms with E-state index in [1.807, 2.05) is 24.3 Å². The van der Waals surface area contributed by atoms with E-state index in [9.17, 15) is 9.59 Å². The standard InChI is InChI=1S/C21H23N3O2.C3H6O3.H2O/c1-15-18(19-4-2-3-5-20(19)23-15)12-13-22-14-17-8-6-16(7-9-17)10-11-21(25)24-26;1-2(4)3(5)6;/h2-11,22-23,26H,12-14H2,1H3,(H,24,25);2,4H,1H3,(H,5,6);1H2/b11-10+;;. The third kappa shape index (κ3) is 8.87. The normalized spacial score (nSPS) is 11.4. The number of carbonyl (C=O) groups is 2. The maximum atomic E-state index is 11.0. The fourth-order valence-electron chi connectivity index (χ4n) is 3.06. The largest absolute Gasteiger partial charge is 0.479 e. The van der Waals surface area contributed by atoms with E-state index >= 15 is 0 Å². The number of nitrogens with one attached hydrogen (secondary N) is 3. The molecule has 0 fully saturated rings. The van der Waals surface area contributed by atoms with E-state index in [-0.39, 0.29) is 5.48 Å². The minimum atomic E-state index is -1.23. The minimum absolute atomic E-state index is 0. The van der Waals surface area contributed by atoms with Crippen LogP contribution in [0.5, 0.6) is 0 Å². The number of para-hydroxylation sites is 1. The van der Waals surface area contributed by atoms with Crippen molar-refractivity contribution in [2.24, 2.45) is 0 Å². The molecule has 2 aromatic carbocycles. The summed E-state index contributed by atoms with van der Waals surface area (Å²) in [6.45, 7) is 5.02. The fraction of sp³-hybridized carbons (Fsp3) is 0.250. The van der Waals surface area contributed by atoms with Gasteiger partial charge < -0.3 is 26.0 Å². The van der Waals surface area contributed by atoms with Gasteiger partial charge in [0, 0.05) is 29.2 Å². The fourth-order valence-corrected chi connectivity index (χ4v) is 3.06. The molecule has 9 nitrogen and oxygen atoms in total. The number of hydrogen-bond acceptors (Lipinski definition) is 5. The topological polar surface area (TPSA) is 166 Å². The maximum Gasteiger partial charge on any atom is 0.332 e. The maximum absolute atomic E-state index is 11.0. The van der Waals surface area contributed by atoms with Crippen molar-refractivity contribution in [1.29, 1.82) is 0 Å². The van der Waals surface area contributed by atoms with Gasteiger partial charge in [-0.1, -0.05) is 42.5 Å². The molecule has 0 aliphatic rings. The highest BCUT2D eigenvalue weighted by molar-refractivity contribution is 5.90. The predicted molar refractivity (Wildman–Crippen MR) is 127 cm³/mol. The summed E-state index contributed by atoms with van der Waals surface area (Å²) in [5, 5.41) is 29.0. The third-order valence-corrected chi connectivity index (χ3v) is 4.78. The first-order valence-electron chi connectivity index (χ1n) is 10.2. The molecule has 0 radical (unpaired) electrons. The van der Waals surface area contributed by atoms with Crippen LogP contribution in [0.15, 0.2) is 54.6 Å². The molecule has 8 N–H and O–H groups in total. The highest BCUT2D eigenvalue weighted by Gasteiger charge is 2.07. The summed E-state index contributed by atoms with van der Waals surface area (Å²) >= 11 is 0. The Hall–Kier alpha value is -3.50. The Morgan fingerprint density at radius 3 is 2.36 bits per heavy atom. The number of rotatable bonds is 8. The lowest BCUT2D eigenvalue weighted by molar-refractivity contribution is -0.145. The Bertz CT molecular complexity index is 1060. The van der Waals surface area contributed by atoms with Crippen LogP contribution in [0, 0.1) is 6.92 Å². The quantitative estimate of drug-likeness (QED) is 0.131. The van der Waals surface area contributed by atoms with E-state index in [0.717, 1.165) is 25.1 Å². The molecule has 178 valence electrons. The number of hydroxylamine groups is 1. The zero-order valence-corrected chi connectivity index (χ0v) is 18.6. The molecule has 1 unspecified atom stereocenters. The molecule has 3 rings (SSSR count). The minimum Gasteiger partial charge on any atom is -0.479 e. The van der Waals surface area contributed by atoms with Gasteiger partial charge in [0.2, 0.25) is 0 Å². The van der Waals surface area contributed by atoms with Crippen LogP contribution < -0.4 is 10.8 Å². The van der Waals surface area contributed by atoms with Crippen LogP contribution in [0.3, 0.4) is 0 Å². The number of H-pyrrole nitrogens is 1. The van der Waals surface area contributed by atoms with Crippen LogP contribution in [-0.2, 0) is 22.6 Å². The number of aliphatic hydroxyl groups is 1. The van der Waals surface area contributed by atoms with Crippen LogP contribution in [0.4, 0.5) is 0 Å². The summed E-state index contributed by atoms with van der Waals surface area (Å²) in [6.07, 6.45) is 2.69. The number of aromatic nitrogens is 1. The summed E-state index contributed by atoms with van der Waals surface area (Å²) in [5.74, 6) is -1.72. The van der Waals surface area contributed by atoms with Crippen LogP contribution >= 0.6 is 0 Å². The van der Waals surface area contributed by atoms with E-state index in [0.29, 0.717) is 0 Å². The third-order valence-electron chi connectivity index (χ3n) is 4.78. The van der Waals surface area contributed by atoms with Gasteiger partial charge in [0.05, 0.1) is 0 Å². The van der Waals surface area contributed by atoms with Crippen LogP contribution in [0.25, 0.3) is 17.0 Å². The summed E-state index contributed by atoms with van der Waals surface area (Å²) in [7, 11) is 0. The first-order valence-corrected chi connectivity index (χ1v) is 10.2. The van der Waals surface area contributed by atoms with Crippen molar-refractivity contribution in [3.63, 3.8) is 0 Å². The monoisotopic (exact) mass is 457 g/mol. The molecule has 0 spiro atoms. The Morgan fingerprint density at radius 1 is 1.12 bits per heavy atom. The number of aryl methyl sites for hydroxylation is 1. The van der Waals surface area contributed by atoms with Crippen molar-refractivity contribution in [3.05, 3.63) is 77.0 Å². The molecule has 1 heterocycles. The molecule has 0 aliphatic carbocycles. The van der Waals surface area contributed by atoms with Crippen LogP contribution in [0.2, 0.25) is 0 Å². The second-order valence-corrected chi connectivity index (χ2v) is 7.27. The van der Waals surface area contributed by atoms with Gasteiger partial charge in [0.25, 0.3) is 5.91 Å². The van der Waals surface area contributed by atoms with Crippen molar-refractivity contribution in [1.82, 2.24) is 15.8 Å². The van der Waals surface area contributed by atoms with E-state index in [4.69, 9.17) is 15.4 Å². The zero-order chi connectivity index (χ0) is 23.5. The number of benzene rings is 2. The van der Waals surface area contributed by atoms with E-state index < -0.39 is 18.0 Å². The average Bonchev–Trinajstić information content (AvgIpc) is 3.11. The molecule has 9 heteroatoms. The molecule has 0 saturated heterocycles. The second-order valence-electron chi connectivity index (χ2n) is 7.27. The summed E-state index contributed by atoms with van der Waals surface area (Å²) < 4.78 is 0. The Morgan fingerprint density at radius 2 is 1.76 bits per heavy atom. The lowest BCUT2D eigenvalue weighted by Gasteiger charge is -2.06. The number of carboxylic acids is 1. The molecular formula is C24H31N3O6. The Labute approximate surface area is 192 Å². The zero-order valence-electron chi connectivity index (χ0n) is 18.6. The van der Waals surface area contributed by atoms with Gasteiger partial charge in [-0.15, -0.1) is 0 Å². The molecule has 0 saturated carbocycles. The molecule has 0 bridgehead atoms. The van der Waals surface area contributed by atoms with Gasteiger partial charge in [-0.2, -0.15) is 0 Å². The SMILES string of the molecule is CC(O)C(=O)O.Cc1[nH]c2ccccc2c1CCNCc1ccc(/C=C/C(=O)NO)cc1.O. The second kappa shape index (κ2) is 13.8. The van der Waals surface area contributed by atoms with E-state index in [2.05, 4.69) is 41.5 Å². The number of amides is 1. The molecule has 0 aliphatic heterocycles. The molecule has 33 heavy (non-hydrogen) atoms. The van der Waals surface area contributed by atoms with Crippen molar-refractivity contribution in [2.75, 3.05) is 6.54 Å². The first-order chi connectivity index (χ1) is 15.3. The van der Waals surface area contributed by atoms with Crippen molar-refractivity contribution in [2.45, 2.75) is 32.9 Å². The Balaban J connectivity index is 0.000000691. The van der Waals surface area contributed by atoms with E-state index in [1.54, 1.807) is 11.6 Å². The summed E-state index contributed by atoms with van der Waals surface area (Å²) in [6, 6.07) is 16.4. The lowest BCUT2D eigenvalue weighted by Crippen LogP contribution is -2.16. The number of hydrogen-bond donors (Lipinski definition) is 6. The molecular weight excluding hydrogens is 426 g/mol.